The first kappa shape index (κ1) is 12.5. The van der Waals surface area contributed by atoms with Crippen molar-refractivity contribution in [3.8, 4) is 0 Å². The molecule has 1 rings (SSSR count). The van der Waals surface area contributed by atoms with Crippen molar-refractivity contribution < 1.29 is 18.8 Å². The molecule has 0 aromatic heterocycles. The number of aliphatic hydroxyl groups excluding tert-OH is 1. The molecule has 0 aliphatic heterocycles. The second-order valence-electron chi connectivity index (χ2n) is 3.21. The predicted octanol–water partition coefficient (Wildman–Crippen LogP) is 0.735. The maximum absolute atomic E-state index is 13.4. The van der Waals surface area contributed by atoms with E-state index in [1.807, 2.05) is 0 Å². The number of hydrogen-bond donors (Lipinski definition) is 2. The Morgan fingerprint density at radius 3 is 2.62 bits per heavy atom. The third-order valence-electron chi connectivity index (χ3n) is 2.07. The van der Waals surface area contributed by atoms with Crippen LogP contribution in [0.2, 0.25) is 0 Å². The average Bonchev–Trinajstić information content (AvgIpc) is 2.23. The van der Waals surface area contributed by atoms with Crippen molar-refractivity contribution in [1.82, 2.24) is 0 Å². The topological polar surface area (TPSA) is 89.4 Å². The van der Waals surface area contributed by atoms with E-state index >= 15 is 0 Å². The molecule has 0 heterocycles. The Hall–Kier alpha value is -1.60. The van der Waals surface area contributed by atoms with E-state index in [4.69, 9.17) is 10.8 Å². The van der Waals surface area contributed by atoms with Crippen LogP contribution >= 0.6 is 0 Å². The zero-order valence-corrected chi connectivity index (χ0v) is 8.19. The summed E-state index contributed by atoms with van der Waals surface area (Å²) in [5.41, 5.74) is 3.75. The molecule has 7 heteroatoms. The summed E-state index contributed by atoms with van der Waals surface area (Å²) < 4.78 is 26.6. The molecule has 0 spiro atoms. The number of benzene rings is 1. The fourth-order valence-corrected chi connectivity index (χ4v) is 1.23. The van der Waals surface area contributed by atoms with Crippen LogP contribution in [-0.4, -0.2) is 22.7 Å². The quantitative estimate of drug-likeness (QED) is 0.591. The zero-order valence-electron chi connectivity index (χ0n) is 8.19. The minimum atomic E-state index is -1.27. The first-order valence-electron chi connectivity index (χ1n) is 4.46. The molecule has 88 valence electrons. The number of halogens is 2. The lowest BCUT2D eigenvalue weighted by molar-refractivity contribution is -0.387. The molecule has 0 amide bonds. The molecule has 1 aromatic rings. The van der Waals surface area contributed by atoms with Gasteiger partial charge in [0, 0.05) is 24.6 Å². The van der Waals surface area contributed by atoms with E-state index in [9.17, 15) is 18.9 Å². The van der Waals surface area contributed by atoms with Crippen molar-refractivity contribution in [1.29, 1.82) is 0 Å². The van der Waals surface area contributed by atoms with Crippen LogP contribution in [0.1, 0.15) is 5.56 Å². The summed E-state index contributed by atoms with van der Waals surface area (Å²) in [6.45, 7) is -0.179. The smallest absolute Gasteiger partial charge is 0.305 e. The molecule has 0 aliphatic carbocycles. The Balaban J connectivity index is 3.16. The third-order valence-corrected chi connectivity index (χ3v) is 2.07. The molecule has 0 saturated carbocycles. The van der Waals surface area contributed by atoms with Crippen LogP contribution < -0.4 is 5.73 Å². The van der Waals surface area contributed by atoms with Gasteiger partial charge in [-0.05, 0) is 6.07 Å². The summed E-state index contributed by atoms with van der Waals surface area (Å²) in [6, 6.07) is 1.53. The van der Waals surface area contributed by atoms with Gasteiger partial charge in [-0.3, -0.25) is 10.1 Å². The number of nitro benzene ring substituents is 1. The van der Waals surface area contributed by atoms with Gasteiger partial charge in [-0.25, -0.2) is 4.39 Å². The fourth-order valence-electron chi connectivity index (χ4n) is 1.23. The Morgan fingerprint density at radius 1 is 1.50 bits per heavy atom. The zero-order chi connectivity index (χ0) is 12.3. The van der Waals surface area contributed by atoms with Gasteiger partial charge in [0.1, 0.15) is 5.82 Å². The van der Waals surface area contributed by atoms with Gasteiger partial charge in [-0.15, -0.1) is 0 Å². The summed E-state index contributed by atoms with van der Waals surface area (Å²) >= 11 is 0. The van der Waals surface area contributed by atoms with Gasteiger partial charge in [-0.1, -0.05) is 0 Å². The molecule has 0 saturated heterocycles. The number of nitrogens with zero attached hydrogens (tertiary/aromatic N) is 1. The molecular weight excluding hydrogens is 222 g/mol. The van der Waals surface area contributed by atoms with Crippen molar-refractivity contribution in [2.45, 2.75) is 12.5 Å². The van der Waals surface area contributed by atoms with Gasteiger partial charge in [0.15, 0.2) is 0 Å². The average molecular weight is 232 g/mol. The van der Waals surface area contributed by atoms with E-state index in [1.54, 1.807) is 0 Å². The minimum absolute atomic E-state index is 0.179. The Bertz CT molecular complexity index is 412. The maximum Gasteiger partial charge on any atom is 0.305 e. The van der Waals surface area contributed by atoms with Crippen LogP contribution in [0.15, 0.2) is 12.1 Å². The normalized spacial score (nSPS) is 12.5. The first-order chi connectivity index (χ1) is 7.47. The molecule has 0 aliphatic rings. The number of rotatable bonds is 4. The van der Waals surface area contributed by atoms with Crippen LogP contribution in [0, 0.1) is 21.7 Å². The molecule has 3 N–H and O–H groups in total. The second-order valence-corrected chi connectivity index (χ2v) is 3.21. The highest BCUT2D eigenvalue weighted by Crippen LogP contribution is 2.23. The number of nitro groups is 1. The highest BCUT2D eigenvalue weighted by molar-refractivity contribution is 5.38. The lowest BCUT2D eigenvalue weighted by Crippen LogP contribution is -2.23. The summed E-state index contributed by atoms with van der Waals surface area (Å²) in [4.78, 5) is 9.45. The molecule has 1 atom stereocenters. The Kier molecular flexibility index (Phi) is 3.86. The number of aliphatic hydroxyl groups is 1. The van der Waals surface area contributed by atoms with E-state index in [1.165, 1.54) is 0 Å². The molecule has 5 nitrogen and oxygen atoms in total. The molecule has 1 unspecified atom stereocenters. The lowest BCUT2D eigenvalue weighted by atomic mass is 10.1. The molecule has 16 heavy (non-hydrogen) atoms. The predicted molar refractivity (Wildman–Crippen MR) is 51.8 cm³/mol. The van der Waals surface area contributed by atoms with E-state index in [2.05, 4.69) is 0 Å². The summed E-state index contributed by atoms with van der Waals surface area (Å²) in [5.74, 6) is -2.20. The molecule has 1 aromatic carbocycles. The highest BCUT2D eigenvalue weighted by Gasteiger charge is 2.22. The lowest BCUT2D eigenvalue weighted by Gasteiger charge is -2.09. The minimum Gasteiger partial charge on any atom is -0.391 e. The highest BCUT2D eigenvalue weighted by atomic mass is 19.1. The molecular formula is C9H10F2N2O3. The second kappa shape index (κ2) is 4.95. The molecule has 0 radical (unpaired) electrons. The van der Waals surface area contributed by atoms with Crippen LogP contribution in [0.3, 0.4) is 0 Å². The van der Waals surface area contributed by atoms with E-state index < -0.39 is 40.3 Å². The van der Waals surface area contributed by atoms with Crippen LogP contribution in [0.25, 0.3) is 0 Å². The van der Waals surface area contributed by atoms with Gasteiger partial charge in [0.05, 0.1) is 11.0 Å². The van der Waals surface area contributed by atoms with Crippen molar-refractivity contribution in [3.63, 3.8) is 0 Å². The first-order valence-corrected chi connectivity index (χ1v) is 4.46. The van der Waals surface area contributed by atoms with Gasteiger partial charge in [0.25, 0.3) is 0 Å². The largest absolute Gasteiger partial charge is 0.391 e. The fraction of sp³-hybridized carbons (Fsp3) is 0.333. The Morgan fingerprint density at radius 2 is 2.12 bits per heavy atom. The van der Waals surface area contributed by atoms with Crippen LogP contribution in [-0.2, 0) is 6.42 Å². The standard InChI is InChI=1S/C9H10F2N2O3/c10-7-1-2-8(13(15)16)9(11)6(7)3-5(14)4-12/h1-2,5,14H,3-4,12H2. The van der Waals surface area contributed by atoms with Crippen molar-refractivity contribution in [3.05, 3.63) is 39.4 Å². The number of hydrogen-bond acceptors (Lipinski definition) is 4. The van der Waals surface area contributed by atoms with Crippen molar-refractivity contribution in [2.24, 2.45) is 5.73 Å². The summed E-state index contributed by atoms with van der Waals surface area (Å²) in [5, 5.41) is 19.6. The SMILES string of the molecule is NCC(O)Cc1c(F)ccc([N+](=O)[O-])c1F. The Labute approximate surface area is 89.6 Å². The van der Waals surface area contributed by atoms with Gasteiger partial charge >= 0.3 is 5.69 Å². The maximum atomic E-state index is 13.4. The van der Waals surface area contributed by atoms with Crippen molar-refractivity contribution >= 4 is 5.69 Å². The molecule has 0 bridgehead atoms. The van der Waals surface area contributed by atoms with Gasteiger partial charge in [0.2, 0.25) is 5.82 Å². The van der Waals surface area contributed by atoms with E-state index in [0.717, 1.165) is 12.1 Å². The summed E-state index contributed by atoms with van der Waals surface area (Å²) in [7, 11) is 0. The monoisotopic (exact) mass is 232 g/mol. The van der Waals surface area contributed by atoms with E-state index in [0.29, 0.717) is 0 Å². The summed E-state index contributed by atoms with van der Waals surface area (Å²) in [6.07, 6.45) is -1.53. The third kappa shape index (κ3) is 2.50. The van der Waals surface area contributed by atoms with Crippen LogP contribution in [0.4, 0.5) is 14.5 Å². The van der Waals surface area contributed by atoms with E-state index in [-0.39, 0.29) is 6.54 Å². The van der Waals surface area contributed by atoms with Gasteiger partial charge < -0.3 is 10.8 Å². The number of nitrogens with two attached hydrogens (primary N) is 1. The molecule has 0 fully saturated rings. The van der Waals surface area contributed by atoms with Gasteiger partial charge in [-0.2, -0.15) is 4.39 Å². The van der Waals surface area contributed by atoms with Crippen LogP contribution in [0.5, 0.6) is 0 Å². The van der Waals surface area contributed by atoms with Crippen molar-refractivity contribution in [2.75, 3.05) is 6.54 Å².